The average molecular weight is 308 g/mol. The summed E-state index contributed by atoms with van der Waals surface area (Å²) in [6, 6.07) is 5.99. The highest BCUT2D eigenvalue weighted by atomic mass is 35.5. The molecule has 0 saturated heterocycles. The van der Waals surface area contributed by atoms with Crippen molar-refractivity contribution in [2.24, 2.45) is 0 Å². The first-order valence-electron chi connectivity index (χ1n) is 7.06. The number of ether oxygens (including phenoxy) is 1. The molecule has 6 heteroatoms. The van der Waals surface area contributed by atoms with Crippen LogP contribution in [0.15, 0.2) is 22.7 Å². The van der Waals surface area contributed by atoms with Crippen molar-refractivity contribution < 1.29 is 9.26 Å². The molecule has 5 nitrogen and oxygen atoms in total. The molecule has 0 bridgehead atoms. The zero-order chi connectivity index (χ0) is 14.8. The summed E-state index contributed by atoms with van der Waals surface area (Å²) in [5, 5.41) is 7.92. The molecule has 0 amide bonds. The predicted octanol–water partition coefficient (Wildman–Crippen LogP) is 2.59. The minimum Gasteiger partial charge on any atom is -0.492 e. The fourth-order valence-corrected chi connectivity index (χ4v) is 2.61. The van der Waals surface area contributed by atoms with Gasteiger partial charge in [-0.3, -0.25) is 0 Å². The minimum absolute atomic E-state index is 0.0853. The van der Waals surface area contributed by atoms with Crippen LogP contribution in [0.5, 0.6) is 5.75 Å². The van der Waals surface area contributed by atoms with E-state index >= 15 is 0 Å². The highest BCUT2D eigenvalue weighted by molar-refractivity contribution is 6.30. The number of halogens is 1. The molecule has 0 aliphatic carbocycles. The Balaban J connectivity index is 1.74. The second-order valence-electron chi connectivity index (χ2n) is 5.41. The summed E-state index contributed by atoms with van der Waals surface area (Å²) in [4.78, 5) is 4.49. The molecule has 112 valence electrons. The number of hydrogen-bond donors (Lipinski definition) is 1. The Kier molecular flexibility index (Phi) is 4.12. The summed E-state index contributed by atoms with van der Waals surface area (Å²) >= 11 is 6.03. The second-order valence-corrected chi connectivity index (χ2v) is 5.84. The van der Waals surface area contributed by atoms with E-state index in [4.69, 9.17) is 20.9 Å². The van der Waals surface area contributed by atoms with Crippen molar-refractivity contribution in [3.63, 3.8) is 0 Å². The van der Waals surface area contributed by atoms with Gasteiger partial charge in [-0.15, -0.1) is 0 Å². The highest BCUT2D eigenvalue weighted by Gasteiger charge is 2.26. The lowest BCUT2D eigenvalue weighted by Gasteiger charge is -2.22. The molecule has 1 aromatic carbocycles. The minimum atomic E-state index is 0.0853. The Morgan fingerprint density at radius 2 is 2.33 bits per heavy atom. The molecule has 2 aromatic rings. The van der Waals surface area contributed by atoms with Crippen LogP contribution in [0.2, 0.25) is 5.02 Å². The van der Waals surface area contributed by atoms with E-state index in [0.717, 1.165) is 30.0 Å². The maximum absolute atomic E-state index is 6.03. The van der Waals surface area contributed by atoms with Gasteiger partial charge in [-0.2, -0.15) is 4.98 Å². The summed E-state index contributed by atoms with van der Waals surface area (Å²) in [5.41, 5.74) is 1.09. The van der Waals surface area contributed by atoms with Gasteiger partial charge in [-0.1, -0.05) is 16.8 Å². The van der Waals surface area contributed by atoms with E-state index in [1.807, 2.05) is 25.2 Å². The molecule has 2 heterocycles. The second kappa shape index (κ2) is 6.03. The van der Waals surface area contributed by atoms with Gasteiger partial charge in [0, 0.05) is 17.5 Å². The molecule has 0 fully saturated rings. The van der Waals surface area contributed by atoms with E-state index in [9.17, 15) is 0 Å². The summed E-state index contributed by atoms with van der Waals surface area (Å²) in [6.07, 6.45) is 1.55. The SMILES string of the molecule is CNC(C)Cc1noc(C2COc3ccc(Cl)cc3C2)n1. The van der Waals surface area contributed by atoms with Gasteiger partial charge in [0.15, 0.2) is 5.82 Å². The molecule has 3 rings (SSSR count). The number of nitrogens with one attached hydrogen (secondary N) is 1. The molecule has 1 N–H and O–H groups in total. The third-order valence-electron chi connectivity index (χ3n) is 3.74. The number of nitrogens with zero attached hydrogens (tertiary/aromatic N) is 2. The first kappa shape index (κ1) is 14.4. The van der Waals surface area contributed by atoms with Gasteiger partial charge >= 0.3 is 0 Å². The van der Waals surface area contributed by atoms with Crippen LogP contribution in [0.4, 0.5) is 0 Å². The van der Waals surface area contributed by atoms with Gasteiger partial charge in [0.2, 0.25) is 5.89 Å². The van der Waals surface area contributed by atoms with Crippen LogP contribution < -0.4 is 10.1 Å². The summed E-state index contributed by atoms with van der Waals surface area (Å²) < 4.78 is 11.2. The Bertz CT molecular complexity index is 629. The van der Waals surface area contributed by atoms with Crippen LogP contribution >= 0.6 is 11.6 Å². The first-order valence-corrected chi connectivity index (χ1v) is 7.44. The van der Waals surface area contributed by atoms with Gasteiger partial charge in [0.1, 0.15) is 12.4 Å². The number of aromatic nitrogens is 2. The standard InChI is InChI=1S/C15H18ClN3O2/c1-9(17-2)5-14-18-15(21-19-14)11-6-10-7-12(16)3-4-13(10)20-8-11/h3-4,7,9,11,17H,5-6,8H2,1-2H3. The van der Waals surface area contributed by atoms with Crippen LogP contribution in [0.1, 0.15) is 30.1 Å². The fraction of sp³-hybridized carbons (Fsp3) is 0.467. The van der Waals surface area contributed by atoms with Gasteiger partial charge in [0.25, 0.3) is 0 Å². The number of likely N-dealkylation sites (N-methyl/N-ethyl adjacent to an activating group) is 1. The lowest BCUT2D eigenvalue weighted by atomic mass is 9.97. The quantitative estimate of drug-likeness (QED) is 0.941. The Morgan fingerprint density at radius 3 is 3.14 bits per heavy atom. The van der Waals surface area contributed by atoms with Crippen LogP contribution in [0.25, 0.3) is 0 Å². The van der Waals surface area contributed by atoms with Crippen molar-refractivity contribution in [2.45, 2.75) is 31.7 Å². The molecule has 21 heavy (non-hydrogen) atoms. The normalized spacial score (nSPS) is 18.9. The molecular weight excluding hydrogens is 290 g/mol. The molecule has 0 saturated carbocycles. The van der Waals surface area contributed by atoms with Gasteiger partial charge in [-0.25, -0.2) is 0 Å². The maximum Gasteiger partial charge on any atom is 0.233 e. The van der Waals surface area contributed by atoms with Crippen LogP contribution in [-0.4, -0.2) is 29.8 Å². The lowest BCUT2D eigenvalue weighted by molar-refractivity contribution is 0.230. The van der Waals surface area contributed by atoms with Gasteiger partial charge in [-0.05, 0) is 44.2 Å². The monoisotopic (exact) mass is 307 g/mol. The topological polar surface area (TPSA) is 60.2 Å². The van der Waals surface area contributed by atoms with E-state index in [-0.39, 0.29) is 5.92 Å². The van der Waals surface area contributed by atoms with Crippen molar-refractivity contribution in [3.05, 3.63) is 40.5 Å². The molecule has 1 aliphatic heterocycles. The number of fused-ring (bicyclic) bond motifs is 1. The third-order valence-corrected chi connectivity index (χ3v) is 3.98. The third kappa shape index (κ3) is 3.19. The van der Waals surface area contributed by atoms with E-state index in [2.05, 4.69) is 22.4 Å². The molecule has 2 atom stereocenters. The largest absolute Gasteiger partial charge is 0.492 e. The fourth-order valence-electron chi connectivity index (χ4n) is 2.41. The van der Waals surface area contributed by atoms with E-state index in [1.54, 1.807) is 0 Å². The van der Waals surface area contributed by atoms with Crippen LogP contribution in [-0.2, 0) is 12.8 Å². The molecule has 0 spiro atoms. The zero-order valence-corrected chi connectivity index (χ0v) is 12.9. The molecule has 1 aromatic heterocycles. The van der Waals surface area contributed by atoms with Gasteiger partial charge < -0.3 is 14.6 Å². The maximum atomic E-state index is 6.03. The van der Waals surface area contributed by atoms with Crippen LogP contribution in [0.3, 0.4) is 0 Å². The van der Waals surface area contributed by atoms with Crippen molar-refractivity contribution in [2.75, 3.05) is 13.7 Å². The summed E-state index contributed by atoms with van der Waals surface area (Å²) in [7, 11) is 1.92. The van der Waals surface area contributed by atoms with Gasteiger partial charge in [0.05, 0.1) is 5.92 Å². The van der Waals surface area contributed by atoms with Crippen molar-refractivity contribution in [1.82, 2.24) is 15.5 Å². The summed E-state index contributed by atoms with van der Waals surface area (Å²) in [5.74, 6) is 2.34. The number of rotatable bonds is 4. The van der Waals surface area contributed by atoms with E-state index in [0.29, 0.717) is 23.6 Å². The lowest BCUT2D eigenvalue weighted by Crippen LogP contribution is -2.24. The first-order chi connectivity index (χ1) is 10.2. The molecule has 0 radical (unpaired) electrons. The predicted molar refractivity (Wildman–Crippen MR) is 79.9 cm³/mol. The van der Waals surface area contributed by atoms with Crippen LogP contribution in [0, 0.1) is 0 Å². The Morgan fingerprint density at radius 1 is 1.48 bits per heavy atom. The zero-order valence-electron chi connectivity index (χ0n) is 12.1. The summed E-state index contributed by atoms with van der Waals surface area (Å²) in [6.45, 7) is 2.63. The molecule has 2 unspecified atom stereocenters. The van der Waals surface area contributed by atoms with Crippen molar-refractivity contribution in [1.29, 1.82) is 0 Å². The molecular formula is C15H18ClN3O2. The smallest absolute Gasteiger partial charge is 0.233 e. The van der Waals surface area contributed by atoms with Crippen molar-refractivity contribution >= 4 is 11.6 Å². The van der Waals surface area contributed by atoms with E-state index < -0.39 is 0 Å². The number of benzene rings is 1. The average Bonchev–Trinajstić information content (AvgIpc) is 2.94. The van der Waals surface area contributed by atoms with E-state index in [1.165, 1.54) is 0 Å². The Hall–Kier alpha value is -1.59. The Labute approximate surface area is 128 Å². The molecule has 1 aliphatic rings. The van der Waals surface area contributed by atoms with Crippen molar-refractivity contribution in [3.8, 4) is 5.75 Å². The highest BCUT2D eigenvalue weighted by Crippen LogP contribution is 2.33. The number of hydrogen-bond acceptors (Lipinski definition) is 5.